The Morgan fingerprint density at radius 1 is 0.367 bits per heavy atom. The first-order valence-corrected chi connectivity index (χ1v) is 6.34. The van der Waals surface area contributed by atoms with E-state index in [0.717, 1.165) is 0 Å². The number of halogens is 19. The summed E-state index contributed by atoms with van der Waals surface area (Å²) in [4.78, 5) is 0. The summed E-state index contributed by atoms with van der Waals surface area (Å²) in [7, 11) is 0. The quantitative estimate of drug-likeness (QED) is 0.287. The van der Waals surface area contributed by atoms with Crippen LogP contribution in [0.5, 0.6) is 0 Å². The normalized spacial score (nSPS) is 16.0. The Kier molecular flexibility index (Phi) is 6.59. The van der Waals surface area contributed by atoms with Gasteiger partial charge in [0.25, 0.3) is 0 Å². The van der Waals surface area contributed by atoms with E-state index < -0.39 is 66.2 Å². The van der Waals surface area contributed by atoms with Crippen LogP contribution in [0.4, 0.5) is 83.4 Å². The number of alkyl halides is 19. The lowest BCUT2D eigenvalue weighted by Gasteiger charge is -2.42. The van der Waals surface area contributed by atoms with Gasteiger partial charge in [-0.3, -0.25) is 0 Å². The third-order valence-electron chi connectivity index (χ3n) is 3.45. The van der Waals surface area contributed by atoms with Crippen LogP contribution in [0.2, 0.25) is 0 Å². The van der Waals surface area contributed by atoms with Crippen LogP contribution in [0.3, 0.4) is 0 Å². The van der Waals surface area contributed by atoms with Gasteiger partial charge in [0.1, 0.15) is 0 Å². The summed E-state index contributed by atoms with van der Waals surface area (Å²) >= 11 is 0. The highest BCUT2D eigenvalue weighted by molar-refractivity contribution is 5.42. The molecule has 0 aromatic carbocycles. The largest absolute Gasteiger partial charge is 0.457 e. The minimum Gasteiger partial charge on any atom is -0.218 e. The lowest BCUT2D eigenvalue weighted by atomic mass is 9.76. The van der Waals surface area contributed by atoms with Crippen molar-refractivity contribution in [1.29, 1.82) is 0 Å². The fourth-order valence-corrected chi connectivity index (χ4v) is 2.01. The van der Waals surface area contributed by atoms with Crippen molar-refractivity contribution >= 4 is 0 Å². The summed E-state index contributed by atoms with van der Waals surface area (Å²) in [6, 6.07) is 0. The van der Waals surface area contributed by atoms with Crippen molar-refractivity contribution in [2.45, 2.75) is 55.1 Å². The number of allylic oxidation sites excluding steroid dienone is 2. The Bertz CT molecular complexity index is 591. The van der Waals surface area contributed by atoms with Gasteiger partial charge in [-0.15, -0.1) is 0 Å². The van der Waals surface area contributed by atoms with Crippen LogP contribution in [0.25, 0.3) is 0 Å². The predicted octanol–water partition coefficient (Wildman–Crippen LogP) is 7.17. The smallest absolute Gasteiger partial charge is 0.218 e. The SMILES string of the molecule is CC(=C(C(F)(C(F)(F)F)C(F)(F)F)C(F)(C(F)(F)F)C(F)(F)F)C(F)(F)C(F)(F)F. The van der Waals surface area contributed by atoms with Crippen LogP contribution in [-0.2, 0) is 0 Å². The van der Waals surface area contributed by atoms with Crippen LogP contribution in [-0.4, -0.2) is 48.1 Å². The number of hydrogen-bond acceptors (Lipinski definition) is 0. The molecule has 0 aliphatic heterocycles. The molecule has 0 aromatic heterocycles. The molecule has 180 valence electrons. The van der Waals surface area contributed by atoms with Gasteiger partial charge in [0.2, 0.25) is 0 Å². The summed E-state index contributed by atoms with van der Waals surface area (Å²) < 4.78 is 243. The minimum atomic E-state index is -8.28. The Morgan fingerprint density at radius 2 is 0.567 bits per heavy atom. The fraction of sp³-hybridized carbons (Fsp3) is 0.818. The highest BCUT2D eigenvalue weighted by Crippen LogP contribution is 2.63. The first-order valence-electron chi connectivity index (χ1n) is 6.34. The first-order chi connectivity index (χ1) is 12.5. The van der Waals surface area contributed by atoms with E-state index in [0.29, 0.717) is 0 Å². The molecule has 0 atom stereocenters. The molecule has 0 heterocycles. The second-order valence-electron chi connectivity index (χ2n) is 5.38. The van der Waals surface area contributed by atoms with Gasteiger partial charge in [0, 0.05) is 11.1 Å². The van der Waals surface area contributed by atoms with Gasteiger partial charge in [0.15, 0.2) is 0 Å². The topological polar surface area (TPSA) is 0 Å². The second-order valence-corrected chi connectivity index (χ2v) is 5.38. The zero-order valence-electron chi connectivity index (χ0n) is 13.2. The minimum absolute atomic E-state index is 1.49. The molecule has 0 bridgehead atoms. The summed E-state index contributed by atoms with van der Waals surface area (Å²) in [5.74, 6) is -7.40. The average Bonchev–Trinajstić information content (AvgIpc) is 2.40. The number of hydrogen-bond donors (Lipinski definition) is 0. The van der Waals surface area contributed by atoms with Crippen LogP contribution < -0.4 is 0 Å². The molecule has 0 fully saturated rings. The Balaban J connectivity index is 8.17. The van der Waals surface area contributed by atoms with E-state index in [2.05, 4.69) is 0 Å². The van der Waals surface area contributed by atoms with Crippen molar-refractivity contribution in [3.05, 3.63) is 11.1 Å². The maximum atomic E-state index is 13.9. The Labute approximate surface area is 151 Å². The molecular weight excluding hydrogens is 493 g/mol. The number of rotatable bonds is 3. The van der Waals surface area contributed by atoms with Crippen LogP contribution in [0.1, 0.15) is 6.92 Å². The molecule has 30 heavy (non-hydrogen) atoms. The standard InChI is InChI=1S/C11H3F19/c1-2(6(14,15)11(28,29)30)3(4(12,7(16,17)18)8(19,20)21)5(13,9(22,23)24)10(25,26)27/h1H3. The maximum absolute atomic E-state index is 13.9. The summed E-state index contributed by atoms with van der Waals surface area (Å²) in [5, 5.41) is 0. The molecule has 0 saturated heterocycles. The summed E-state index contributed by atoms with van der Waals surface area (Å²) in [5.41, 5.74) is -26.7. The van der Waals surface area contributed by atoms with Crippen molar-refractivity contribution in [1.82, 2.24) is 0 Å². The average molecular weight is 496 g/mol. The molecule has 19 heteroatoms. The van der Waals surface area contributed by atoms with E-state index in [9.17, 15) is 83.4 Å². The highest BCUT2D eigenvalue weighted by Gasteiger charge is 2.87. The molecule has 0 N–H and O–H groups in total. The fourth-order valence-electron chi connectivity index (χ4n) is 2.01. The molecule has 0 amide bonds. The van der Waals surface area contributed by atoms with Gasteiger partial charge < -0.3 is 0 Å². The van der Waals surface area contributed by atoms with Crippen molar-refractivity contribution in [2.75, 3.05) is 0 Å². The molecule has 0 aromatic rings. The lowest BCUT2D eigenvalue weighted by molar-refractivity contribution is -0.365. The van der Waals surface area contributed by atoms with E-state index in [1.807, 2.05) is 0 Å². The summed E-state index contributed by atoms with van der Waals surface area (Å²) in [6.07, 6.45) is -39.9. The van der Waals surface area contributed by atoms with E-state index >= 15 is 0 Å². The van der Waals surface area contributed by atoms with E-state index in [1.165, 1.54) is 0 Å². The highest BCUT2D eigenvalue weighted by atomic mass is 19.4. The third-order valence-corrected chi connectivity index (χ3v) is 3.45. The second kappa shape index (κ2) is 6.96. The van der Waals surface area contributed by atoms with Crippen LogP contribution >= 0.6 is 0 Å². The predicted molar refractivity (Wildman–Crippen MR) is 55.6 cm³/mol. The van der Waals surface area contributed by atoms with Gasteiger partial charge in [0.05, 0.1) is 0 Å². The van der Waals surface area contributed by atoms with Crippen LogP contribution in [0.15, 0.2) is 11.1 Å². The third kappa shape index (κ3) is 3.99. The molecule has 0 saturated carbocycles. The van der Waals surface area contributed by atoms with Gasteiger partial charge >= 0.3 is 48.1 Å². The van der Waals surface area contributed by atoms with Gasteiger partial charge in [-0.25, -0.2) is 8.78 Å². The molecular formula is C11H3F19. The van der Waals surface area contributed by atoms with E-state index in [4.69, 9.17) is 0 Å². The molecule has 0 spiro atoms. The first kappa shape index (κ1) is 28.4. The van der Waals surface area contributed by atoms with Crippen molar-refractivity contribution in [2.24, 2.45) is 0 Å². The van der Waals surface area contributed by atoms with E-state index in [1.54, 1.807) is 0 Å². The van der Waals surface area contributed by atoms with Gasteiger partial charge in [-0.2, -0.15) is 74.6 Å². The van der Waals surface area contributed by atoms with Gasteiger partial charge in [-0.1, -0.05) is 0 Å². The molecule has 0 unspecified atom stereocenters. The monoisotopic (exact) mass is 496 g/mol. The zero-order chi connectivity index (χ0) is 25.2. The van der Waals surface area contributed by atoms with Crippen molar-refractivity contribution in [3.8, 4) is 0 Å². The lowest BCUT2D eigenvalue weighted by Crippen LogP contribution is -2.67. The molecule has 0 radical (unpaired) electrons. The summed E-state index contributed by atoms with van der Waals surface area (Å²) in [6.45, 7) is -1.49. The van der Waals surface area contributed by atoms with Crippen molar-refractivity contribution in [3.63, 3.8) is 0 Å². The molecule has 0 aliphatic rings. The Hall–Kier alpha value is -1.59. The maximum Gasteiger partial charge on any atom is 0.457 e. The van der Waals surface area contributed by atoms with Crippen molar-refractivity contribution < 1.29 is 83.4 Å². The van der Waals surface area contributed by atoms with Gasteiger partial charge in [-0.05, 0) is 6.92 Å². The molecule has 0 nitrogen and oxygen atoms in total. The zero-order valence-corrected chi connectivity index (χ0v) is 13.2. The Morgan fingerprint density at radius 3 is 0.700 bits per heavy atom. The van der Waals surface area contributed by atoms with Crippen LogP contribution in [0, 0.1) is 0 Å². The molecule has 0 aliphatic carbocycles. The van der Waals surface area contributed by atoms with E-state index in [-0.39, 0.29) is 0 Å². The molecule has 0 rings (SSSR count).